The zero-order valence-electron chi connectivity index (χ0n) is 8.43. The molecule has 17 heavy (non-hydrogen) atoms. The van der Waals surface area contributed by atoms with Gasteiger partial charge in [-0.2, -0.15) is 0 Å². The molecule has 0 bridgehead atoms. The lowest BCUT2D eigenvalue weighted by atomic mass is 9.99. The summed E-state index contributed by atoms with van der Waals surface area (Å²) in [5.41, 5.74) is -0.133. The van der Waals surface area contributed by atoms with Crippen molar-refractivity contribution in [2.75, 3.05) is 0 Å². The number of benzene rings is 1. The Morgan fingerprint density at radius 2 is 2.00 bits per heavy atom. The minimum absolute atomic E-state index is 0.0488. The first kappa shape index (κ1) is 10.9. The maximum atomic E-state index is 11.4. The lowest BCUT2D eigenvalue weighted by Gasteiger charge is -2.02. The van der Waals surface area contributed by atoms with Crippen molar-refractivity contribution in [3.63, 3.8) is 0 Å². The third kappa shape index (κ3) is 1.67. The first-order valence-electron chi connectivity index (χ1n) is 4.65. The molecule has 2 rings (SSSR count). The molecule has 0 aromatic heterocycles. The van der Waals surface area contributed by atoms with Crippen molar-refractivity contribution in [1.82, 2.24) is 5.32 Å². The predicted octanol–water partition coefficient (Wildman–Crippen LogP) is 0.220. The number of hydrogen-bond donors (Lipinski definition) is 1. The molecule has 0 fully saturated rings. The molecule has 7 heteroatoms. The average Bonchev–Trinajstić information content (AvgIpc) is 2.55. The van der Waals surface area contributed by atoms with Gasteiger partial charge in [0, 0.05) is 18.6 Å². The van der Waals surface area contributed by atoms with Gasteiger partial charge in [-0.15, -0.1) is 0 Å². The molecule has 0 spiro atoms. The van der Waals surface area contributed by atoms with Crippen molar-refractivity contribution in [3.8, 4) is 0 Å². The highest BCUT2D eigenvalue weighted by molar-refractivity contribution is 6.22. The number of imide groups is 1. The standard InChI is InChI=1S/C10H6N2O5/c13-2-1-5-3-6(12(16)17)4-7-8(5)10(15)11-9(7)14/h2-4H,1H2,(H,11,14,15). The molecule has 1 aromatic carbocycles. The topological polar surface area (TPSA) is 106 Å². The summed E-state index contributed by atoms with van der Waals surface area (Å²) in [6.45, 7) is 0. The minimum atomic E-state index is -0.680. The molecule has 1 aromatic rings. The highest BCUT2D eigenvalue weighted by atomic mass is 16.6. The number of fused-ring (bicyclic) bond motifs is 1. The molecule has 86 valence electrons. The summed E-state index contributed by atoms with van der Waals surface area (Å²) in [7, 11) is 0. The monoisotopic (exact) mass is 234 g/mol. The molecule has 2 amide bonds. The fourth-order valence-corrected chi connectivity index (χ4v) is 1.72. The SMILES string of the molecule is O=CCc1cc([N+](=O)[O-])cc2c1C(=O)NC2=O. The lowest BCUT2D eigenvalue weighted by Crippen LogP contribution is -2.20. The molecule has 0 aliphatic carbocycles. The van der Waals surface area contributed by atoms with Crippen LogP contribution in [0.4, 0.5) is 5.69 Å². The van der Waals surface area contributed by atoms with Crippen LogP contribution in [0.25, 0.3) is 0 Å². The van der Waals surface area contributed by atoms with Crippen molar-refractivity contribution in [3.05, 3.63) is 38.9 Å². The normalized spacial score (nSPS) is 13.2. The maximum absolute atomic E-state index is 11.4. The number of nitro benzene ring substituents is 1. The van der Waals surface area contributed by atoms with Gasteiger partial charge in [-0.05, 0) is 5.56 Å². The van der Waals surface area contributed by atoms with Gasteiger partial charge in [0.2, 0.25) is 0 Å². The van der Waals surface area contributed by atoms with Crippen LogP contribution in [0, 0.1) is 10.1 Å². The third-order valence-electron chi connectivity index (χ3n) is 2.42. The summed E-state index contributed by atoms with van der Waals surface area (Å²) in [5, 5.41) is 12.7. The van der Waals surface area contributed by atoms with Crippen LogP contribution in [0.15, 0.2) is 12.1 Å². The van der Waals surface area contributed by atoms with Crippen molar-refractivity contribution in [2.24, 2.45) is 0 Å². The molecule has 1 heterocycles. The highest BCUT2D eigenvalue weighted by Crippen LogP contribution is 2.26. The number of carbonyl (C=O) groups excluding carboxylic acids is 3. The Bertz CT molecular complexity index is 564. The summed E-state index contributed by atoms with van der Waals surface area (Å²) in [6.07, 6.45) is 0.375. The number of amides is 2. The summed E-state index contributed by atoms with van der Waals surface area (Å²) in [5.74, 6) is -1.31. The number of nitrogens with one attached hydrogen (secondary N) is 1. The summed E-state index contributed by atoms with van der Waals surface area (Å²) >= 11 is 0. The van der Waals surface area contributed by atoms with Crippen molar-refractivity contribution in [1.29, 1.82) is 0 Å². The smallest absolute Gasteiger partial charge is 0.270 e. The second kappa shape index (κ2) is 3.78. The van der Waals surface area contributed by atoms with E-state index in [9.17, 15) is 24.5 Å². The molecule has 7 nitrogen and oxygen atoms in total. The molecule has 0 unspecified atom stereocenters. The van der Waals surface area contributed by atoms with Crippen molar-refractivity contribution in [2.45, 2.75) is 6.42 Å². The minimum Gasteiger partial charge on any atom is -0.303 e. The number of hydrogen-bond acceptors (Lipinski definition) is 5. The molecule has 0 saturated heterocycles. The summed E-state index contributed by atoms with van der Waals surface area (Å²) in [6, 6.07) is 2.16. The maximum Gasteiger partial charge on any atom is 0.270 e. The number of non-ortho nitro benzene ring substituents is 1. The molecule has 1 aliphatic heterocycles. The number of rotatable bonds is 3. The van der Waals surface area contributed by atoms with Crippen LogP contribution in [-0.4, -0.2) is 23.0 Å². The Morgan fingerprint density at radius 3 is 2.59 bits per heavy atom. The van der Waals surface area contributed by atoms with E-state index in [1.54, 1.807) is 0 Å². The number of aldehydes is 1. The van der Waals surface area contributed by atoms with Gasteiger partial charge < -0.3 is 4.79 Å². The molecule has 1 N–H and O–H groups in total. The van der Waals surface area contributed by atoms with E-state index in [1.807, 2.05) is 5.32 Å². The summed E-state index contributed by atoms with van der Waals surface area (Å²) in [4.78, 5) is 43.2. The fourth-order valence-electron chi connectivity index (χ4n) is 1.72. The highest BCUT2D eigenvalue weighted by Gasteiger charge is 2.31. The van der Waals surface area contributed by atoms with Gasteiger partial charge in [0.25, 0.3) is 17.5 Å². The van der Waals surface area contributed by atoms with Crippen LogP contribution < -0.4 is 5.32 Å². The number of carbonyl (C=O) groups is 3. The molecular formula is C10H6N2O5. The van der Waals surface area contributed by atoms with E-state index in [2.05, 4.69) is 0 Å². The van der Waals surface area contributed by atoms with E-state index in [-0.39, 0.29) is 28.8 Å². The average molecular weight is 234 g/mol. The van der Waals surface area contributed by atoms with Gasteiger partial charge in [-0.3, -0.25) is 25.0 Å². The van der Waals surface area contributed by atoms with Crippen LogP contribution in [0.3, 0.4) is 0 Å². The largest absolute Gasteiger partial charge is 0.303 e. The Labute approximate surface area is 94.6 Å². The van der Waals surface area contributed by atoms with Crippen LogP contribution >= 0.6 is 0 Å². The van der Waals surface area contributed by atoms with Crippen LogP contribution in [0.1, 0.15) is 26.3 Å². The van der Waals surface area contributed by atoms with E-state index >= 15 is 0 Å². The van der Waals surface area contributed by atoms with Gasteiger partial charge in [0.15, 0.2) is 0 Å². The van der Waals surface area contributed by atoms with Crippen molar-refractivity contribution >= 4 is 23.8 Å². The van der Waals surface area contributed by atoms with Gasteiger partial charge in [-0.25, -0.2) is 0 Å². The van der Waals surface area contributed by atoms with E-state index in [0.717, 1.165) is 12.1 Å². The van der Waals surface area contributed by atoms with Gasteiger partial charge >= 0.3 is 0 Å². The quantitative estimate of drug-likeness (QED) is 0.348. The Morgan fingerprint density at radius 1 is 1.29 bits per heavy atom. The first-order valence-corrected chi connectivity index (χ1v) is 4.65. The van der Waals surface area contributed by atoms with Gasteiger partial charge in [0.05, 0.1) is 16.1 Å². The van der Waals surface area contributed by atoms with Crippen LogP contribution in [0.5, 0.6) is 0 Å². The zero-order valence-corrected chi connectivity index (χ0v) is 8.43. The van der Waals surface area contributed by atoms with E-state index in [0.29, 0.717) is 6.29 Å². The van der Waals surface area contributed by atoms with Crippen molar-refractivity contribution < 1.29 is 19.3 Å². The molecule has 1 aliphatic rings. The Balaban J connectivity index is 2.70. The van der Waals surface area contributed by atoms with Gasteiger partial charge in [-0.1, -0.05) is 0 Å². The Hall–Kier alpha value is -2.57. The van der Waals surface area contributed by atoms with Crippen LogP contribution in [0.2, 0.25) is 0 Å². The molecular weight excluding hydrogens is 228 g/mol. The van der Waals surface area contributed by atoms with Crippen LogP contribution in [-0.2, 0) is 11.2 Å². The second-order valence-corrected chi connectivity index (χ2v) is 3.44. The Kier molecular flexibility index (Phi) is 2.43. The van der Waals surface area contributed by atoms with E-state index in [1.165, 1.54) is 0 Å². The van der Waals surface area contributed by atoms with E-state index in [4.69, 9.17) is 0 Å². The zero-order chi connectivity index (χ0) is 12.6. The van der Waals surface area contributed by atoms with E-state index < -0.39 is 16.7 Å². The molecule has 0 atom stereocenters. The third-order valence-corrected chi connectivity index (χ3v) is 2.42. The number of nitro groups is 1. The first-order chi connectivity index (χ1) is 8.04. The van der Waals surface area contributed by atoms with Gasteiger partial charge in [0.1, 0.15) is 6.29 Å². The molecule has 0 radical (unpaired) electrons. The predicted molar refractivity (Wildman–Crippen MR) is 54.7 cm³/mol. The second-order valence-electron chi connectivity index (χ2n) is 3.44. The molecule has 0 saturated carbocycles. The number of nitrogens with zero attached hydrogens (tertiary/aromatic N) is 1. The lowest BCUT2D eigenvalue weighted by molar-refractivity contribution is -0.384. The fraction of sp³-hybridized carbons (Fsp3) is 0.100. The summed E-state index contributed by atoms with van der Waals surface area (Å²) < 4.78 is 0.